The molecule has 0 saturated carbocycles. The Morgan fingerprint density at radius 3 is 2.68 bits per heavy atom. The van der Waals surface area contributed by atoms with Gasteiger partial charge in [0.1, 0.15) is 12.1 Å². The maximum Gasteiger partial charge on any atom is 0.225 e. The summed E-state index contributed by atoms with van der Waals surface area (Å²) < 4.78 is 0. The molecular formula is C17H22N4O. The minimum atomic E-state index is 0.0790. The molecule has 0 radical (unpaired) electrons. The molecule has 1 N–H and O–H groups in total. The van der Waals surface area contributed by atoms with Gasteiger partial charge in [-0.15, -0.1) is 0 Å². The summed E-state index contributed by atoms with van der Waals surface area (Å²) in [5.74, 6) is 1.22. The number of nitrogens with one attached hydrogen (secondary N) is 1. The van der Waals surface area contributed by atoms with E-state index in [4.69, 9.17) is 0 Å². The van der Waals surface area contributed by atoms with Gasteiger partial charge in [0.15, 0.2) is 0 Å². The number of carbonyl (C=O) groups is 1. The molecule has 1 fully saturated rings. The number of hydrogen-bond donors (Lipinski definition) is 1. The summed E-state index contributed by atoms with van der Waals surface area (Å²) in [6, 6.07) is 8.37. The Morgan fingerprint density at radius 1 is 1.23 bits per heavy atom. The van der Waals surface area contributed by atoms with Crippen LogP contribution in [0.2, 0.25) is 0 Å². The fourth-order valence-electron chi connectivity index (χ4n) is 2.92. The molecule has 1 aromatic carbocycles. The highest BCUT2D eigenvalue weighted by molar-refractivity contribution is 5.88. The second-order valence-corrected chi connectivity index (χ2v) is 6.14. The Labute approximate surface area is 130 Å². The number of fused-ring (bicyclic) bond motifs is 1. The topological polar surface area (TPSA) is 58.1 Å². The van der Waals surface area contributed by atoms with Crippen molar-refractivity contribution in [2.24, 2.45) is 5.92 Å². The van der Waals surface area contributed by atoms with Crippen molar-refractivity contribution in [2.75, 3.05) is 18.4 Å². The van der Waals surface area contributed by atoms with Crippen molar-refractivity contribution in [1.29, 1.82) is 0 Å². The molecule has 0 bridgehead atoms. The monoisotopic (exact) mass is 298 g/mol. The zero-order chi connectivity index (χ0) is 15.5. The van der Waals surface area contributed by atoms with Gasteiger partial charge in [-0.05, 0) is 25.0 Å². The lowest BCUT2D eigenvalue weighted by molar-refractivity contribution is -0.135. The van der Waals surface area contributed by atoms with Gasteiger partial charge in [-0.1, -0.05) is 26.0 Å². The van der Waals surface area contributed by atoms with Crippen LogP contribution in [0.3, 0.4) is 0 Å². The maximum absolute atomic E-state index is 12.0. The van der Waals surface area contributed by atoms with Gasteiger partial charge in [0.2, 0.25) is 5.91 Å². The van der Waals surface area contributed by atoms with Crippen LogP contribution >= 0.6 is 0 Å². The maximum atomic E-state index is 12.0. The molecule has 1 aliphatic rings. The quantitative estimate of drug-likeness (QED) is 0.946. The molecule has 0 spiro atoms. The summed E-state index contributed by atoms with van der Waals surface area (Å²) in [7, 11) is 0. The van der Waals surface area contributed by atoms with Crippen LogP contribution in [0.4, 0.5) is 5.82 Å². The number of carbonyl (C=O) groups excluding carboxylic acids is 1. The molecule has 5 nitrogen and oxygen atoms in total. The Morgan fingerprint density at radius 2 is 1.95 bits per heavy atom. The highest BCUT2D eigenvalue weighted by Gasteiger charge is 2.24. The molecule has 2 aromatic rings. The lowest BCUT2D eigenvalue weighted by atomic mass is 10.0. The second-order valence-electron chi connectivity index (χ2n) is 6.14. The first-order chi connectivity index (χ1) is 10.6. The van der Waals surface area contributed by atoms with Crippen LogP contribution < -0.4 is 5.32 Å². The number of anilines is 1. The van der Waals surface area contributed by atoms with Gasteiger partial charge in [0.25, 0.3) is 0 Å². The molecule has 22 heavy (non-hydrogen) atoms. The van der Waals surface area contributed by atoms with Crippen molar-refractivity contribution in [2.45, 2.75) is 32.7 Å². The Bertz CT molecular complexity index is 657. The van der Waals surface area contributed by atoms with E-state index >= 15 is 0 Å². The summed E-state index contributed by atoms with van der Waals surface area (Å²) in [5.41, 5.74) is 0.951. The standard InChI is InChI=1S/C17H22N4O/c1-12(2)17(22)21-9-7-13(8-10-21)20-16-14-5-3-4-6-15(14)18-11-19-16/h3-6,11-13H,7-10H2,1-2H3,(H,18,19,20). The fraction of sp³-hybridized carbons (Fsp3) is 0.471. The summed E-state index contributed by atoms with van der Waals surface area (Å²) >= 11 is 0. The lowest BCUT2D eigenvalue weighted by Gasteiger charge is -2.33. The molecule has 1 aromatic heterocycles. The SMILES string of the molecule is CC(C)C(=O)N1CCC(Nc2ncnc3ccccc23)CC1. The van der Waals surface area contributed by atoms with Crippen LogP contribution in [0.5, 0.6) is 0 Å². The van der Waals surface area contributed by atoms with Gasteiger partial charge in [0.05, 0.1) is 5.52 Å². The van der Waals surface area contributed by atoms with E-state index in [1.165, 1.54) is 0 Å². The molecule has 3 rings (SSSR count). The Hall–Kier alpha value is -2.17. The van der Waals surface area contributed by atoms with E-state index in [9.17, 15) is 4.79 Å². The third kappa shape index (κ3) is 3.03. The summed E-state index contributed by atoms with van der Waals surface area (Å²) in [6.45, 7) is 5.55. The molecule has 0 atom stereocenters. The summed E-state index contributed by atoms with van der Waals surface area (Å²) in [5, 5.41) is 4.57. The zero-order valence-corrected chi connectivity index (χ0v) is 13.1. The average molecular weight is 298 g/mol. The van der Waals surface area contributed by atoms with Crippen molar-refractivity contribution < 1.29 is 4.79 Å². The molecule has 1 saturated heterocycles. The van der Waals surface area contributed by atoms with E-state index in [1.54, 1.807) is 6.33 Å². The van der Waals surface area contributed by atoms with Gasteiger partial charge in [-0.3, -0.25) is 4.79 Å². The highest BCUT2D eigenvalue weighted by Crippen LogP contribution is 2.22. The zero-order valence-electron chi connectivity index (χ0n) is 13.1. The van der Waals surface area contributed by atoms with Gasteiger partial charge >= 0.3 is 0 Å². The van der Waals surface area contributed by atoms with Gasteiger partial charge in [-0.25, -0.2) is 9.97 Å². The normalized spacial score (nSPS) is 16.2. The average Bonchev–Trinajstić information content (AvgIpc) is 2.55. The number of likely N-dealkylation sites (tertiary alicyclic amines) is 1. The van der Waals surface area contributed by atoms with Crippen LogP contribution in [0.15, 0.2) is 30.6 Å². The van der Waals surface area contributed by atoms with Crippen molar-refractivity contribution in [3.63, 3.8) is 0 Å². The van der Waals surface area contributed by atoms with Gasteiger partial charge < -0.3 is 10.2 Å². The molecule has 1 amide bonds. The smallest absolute Gasteiger partial charge is 0.225 e. The molecule has 5 heteroatoms. The summed E-state index contributed by atoms with van der Waals surface area (Å²) in [4.78, 5) is 22.7. The lowest BCUT2D eigenvalue weighted by Crippen LogP contribution is -2.44. The third-order valence-electron chi connectivity index (χ3n) is 4.18. The number of rotatable bonds is 3. The number of benzene rings is 1. The van der Waals surface area contributed by atoms with Crippen LogP contribution in [0.1, 0.15) is 26.7 Å². The summed E-state index contributed by atoms with van der Waals surface area (Å²) in [6.07, 6.45) is 3.51. The van der Waals surface area contributed by atoms with Gasteiger partial charge in [-0.2, -0.15) is 0 Å². The molecule has 116 valence electrons. The molecule has 0 unspecified atom stereocenters. The predicted molar refractivity (Wildman–Crippen MR) is 87.6 cm³/mol. The number of aromatic nitrogens is 2. The minimum Gasteiger partial charge on any atom is -0.367 e. The number of piperidine rings is 1. The molecule has 1 aliphatic heterocycles. The van der Waals surface area contributed by atoms with Crippen molar-refractivity contribution in [1.82, 2.24) is 14.9 Å². The predicted octanol–water partition coefficient (Wildman–Crippen LogP) is 2.69. The third-order valence-corrected chi connectivity index (χ3v) is 4.18. The van der Waals surface area contributed by atoms with Crippen molar-refractivity contribution >= 4 is 22.6 Å². The molecular weight excluding hydrogens is 276 g/mol. The Kier molecular flexibility index (Phi) is 4.22. The van der Waals surface area contributed by atoms with E-state index in [2.05, 4.69) is 15.3 Å². The van der Waals surface area contributed by atoms with Crippen molar-refractivity contribution in [3.05, 3.63) is 30.6 Å². The first kappa shape index (κ1) is 14.8. The van der Waals surface area contributed by atoms with E-state index in [1.807, 2.05) is 43.0 Å². The minimum absolute atomic E-state index is 0.0790. The van der Waals surface area contributed by atoms with Crippen LogP contribution in [0, 0.1) is 5.92 Å². The molecule has 2 heterocycles. The van der Waals surface area contributed by atoms with E-state index in [-0.39, 0.29) is 11.8 Å². The largest absolute Gasteiger partial charge is 0.367 e. The Balaban J connectivity index is 1.66. The van der Waals surface area contributed by atoms with E-state index in [0.717, 1.165) is 42.7 Å². The van der Waals surface area contributed by atoms with Gasteiger partial charge in [0, 0.05) is 30.4 Å². The number of hydrogen-bond acceptors (Lipinski definition) is 4. The second kappa shape index (κ2) is 6.30. The molecule has 0 aliphatic carbocycles. The van der Waals surface area contributed by atoms with E-state index in [0.29, 0.717) is 6.04 Å². The number of para-hydroxylation sites is 1. The van der Waals surface area contributed by atoms with Crippen molar-refractivity contribution in [3.8, 4) is 0 Å². The van der Waals surface area contributed by atoms with Crippen LogP contribution in [-0.4, -0.2) is 39.9 Å². The fourth-order valence-corrected chi connectivity index (χ4v) is 2.92. The first-order valence-corrected chi connectivity index (χ1v) is 7.90. The first-order valence-electron chi connectivity index (χ1n) is 7.90. The van der Waals surface area contributed by atoms with Crippen LogP contribution in [-0.2, 0) is 4.79 Å². The van der Waals surface area contributed by atoms with E-state index < -0.39 is 0 Å². The number of amides is 1. The number of nitrogens with zero attached hydrogens (tertiary/aromatic N) is 3. The highest BCUT2D eigenvalue weighted by atomic mass is 16.2. The van der Waals surface area contributed by atoms with Crippen LogP contribution in [0.25, 0.3) is 10.9 Å².